The molecule has 0 saturated heterocycles. The third kappa shape index (κ3) is 3.03. The second kappa shape index (κ2) is 4.15. The normalized spacial score (nSPS) is 20.8. The second-order valence-corrected chi connectivity index (χ2v) is 4.52. The maximum absolute atomic E-state index is 5.34. The molecule has 2 heteroatoms. The van der Waals surface area contributed by atoms with Crippen LogP contribution in [-0.2, 0) is 4.74 Å². The van der Waals surface area contributed by atoms with Crippen LogP contribution in [0.1, 0.15) is 20.8 Å². The predicted octanol–water partition coefficient (Wildman–Crippen LogP) is 3.19. The Bertz CT molecular complexity index is 204. The molecule has 0 atom stereocenters. The van der Waals surface area contributed by atoms with Crippen LogP contribution in [0.3, 0.4) is 0 Å². The highest BCUT2D eigenvalue weighted by atomic mass is 32.2. The topological polar surface area (TPSA) is 9.23 Å². The first-order chi connectivity index (χ1) is 5.64. The van der Waals surface area contributed by atoms with Gasteiger partial charge in [0.1, 0.15) is 0 Å². The van der Waals surface area contributed by atoms with Crippen molar-refractivity contribution in [1.82, 2.24) is 0 Å². The second-order valence-electron chi connectivity index (χ2n) is 3.49. The third-order valence-corrected chi connectivity index (χ3v) is 2.51. The van der Waals surface area contributed by atoms with Crippen LogP contribution in [-0.4, -0.2) is 13.2 Å². The minimum atomic E-state index is 0.206. The Morgan fingerprint density at radius 3 is 2.83 bits per heavy atom. The zero-order valence-electron chi connectivity index (χ0n) is 7.96. The molecule has 0 fully saturated rings. The van der Waals surface area contributed by atoms with E-state index in [1.165, 1.54) is 4.91 Å². The highest BCUT2D eigenvalue weighted by molar-refractivity contribution is 8.05. The third-order valence-electron chi connectivity index (χ3n) is 1.70. The summed E-state index contributed by atoms with van der Waals surface area (Å²) in [5, 5.41) is 2.15. The molecule has 0 amide bonds. The van der Waals surface area contributed by atoms with E-state index in [2.05, 4.69) is 31.4 Å². The maximum atomic E-state index is 5.34. The van der Waals surface area contributed by atoms with E-state index in [0.717, 1.165) is 13.2 Å². The first-order valence-corrected chi connectivity index (χ1v) is 5.16. The van der Waals surface area contributed by atoms with Crippen molar-refractivity contribution in [2.75, 3.05) is 13.2 Å². The van der Waals surface area contributed by atoms with Crippen LogP contribution in [0.15, 0.2) is 22.5 Å². The van der Waals surface area contributed by atoms with Crippen LogP contribution in [0.5, 0.6) is 0 Å². The van der Waals surface area contributed by atoms with Gasteiger partial charge in [-0.3, -0.25) is 0 Å². The van der Waals surface area contributed by atoms with Crippen molar-refractivity contribution in [1.29, 1.82) is 0 Å². The van der Waals surface area contributed by atoms with Gasteiger partial charge in [0, 0.05) is 16.9 Å². The van der Waals surface area contributed by atoms with E-state index in [4.69, 9.17) is 4.74 Å². The summed E-state index contributed by atoms with van der Waals surface area (Å²) in [7, 11) is 0. The van der Waals surface area contributed by atoms with E-state index in [1.807, 2.05) is 6.92 Å². The number of rotatable bonds is 3. The molecule has 0 aromatic heterocycles. The van der Waals surface area contributed by atoms with Gasteiger partial charge in [0.15, 0.2) is 0 Å². The Morgan fingerprint density at radius 2 is 2.25 bits per heavy atom. The quantitative estimate of drug-likeness (QED) is 0.666. The summed E-state index contributed by atoms with van der Waals surface area (Å²) < 4.78 is 5.34. The fourth-order valence-electron chi connectivity index (χ4n) is 1.07. The lowest BCUT2D eigenvalue weighted by molar-refractivity contribution is 0.175. The summed E-state index contributed by atoms with van der Waals surface area (Å²) in [6, 6.07) is 0. The van der Waals surface area contributed by atoms with Gasteiger partial charge in [0.2, 0.25) is 0 Å². The fraction of sp³-hybridized carbons (Fsp3) is 0.600. The number of thioether (sulfide) groups is 1. The SMILES string of the molecule is CCOCC1=CC(C)(C)C=CS1. The Kier molecular flexibility index (Phi) is 3.41. The molecule has 12 heavy (non-hydrogen) atoms. The average Bonchev–Trinajstić information content (AvgIpc) is 1.99. The molecule has 0 bridgehead atoms. The van der Waals surface area contributed by atoms with Crippen LogP contribution in [0.4, 0.5) is 0 Å². The van der Waals surface area contributed by atoms with Gasteiger partial charge < -0.3 is 4.74 Å². The predicted molar refractivity (Wildman–Crippen MR) is 55.1 cm³/mol. The summed E-state index contributed by atoms with van der Waals surface area (Å²) in [6.07, 6.45) is 4.49. The molecule has 0 aromatic carbocycles. The molecule has 0 unspecified atom stereocenters. The zero-order valence-corrected chi connectivity index (χ0v) is 8.78. The molecule has 0 radical (unpaired) electrons. The molecule has 1 nitrogen and oxygen atoms in total. The number of ether oxygens (including phenoxy) is 1. The molecule has 1 aliphatic heterocycles. The average molecular weight is 184 g/mol. The van der Waals surface area contributed by atoms with Crippen molar-refractivity contribution in [2.45, 2.75) is 20.8 Å². The van der Waals surface area contributed by atoms with Gasteiger partial charge in [-0.15, -0.1) is 11.8 Å². The van der Waals surface area contributed by atoms with E-state index < -0.39 is 0 Å². The highest BCUT2D eigenvalue weighted by Gasteiger charge is 2.15. The summed E-state index contributed by atoms with van der Waals surface area (Å²) in [5.74, 6) is 0. The highest BCUT2D eigenvalue weighted by Crippen LogP contribution is 2.33. The van der Waals surface area contributed by atoms with Crippen molar-refractivity contribution in [2.24, 2.45) is 5.41 Å². The van der Waals surface area contributed by atoms with Crippen molar-refractivity contribution in [3.8, 4) is 0 Å². The molecule has 0 aliphatic carbocycles. The first-order valence-electron chi connectivity index (χ1n) is 4.28. The minimum absolute atomic E-state index is 0.206. The molecule has 0 aromatic rings. The van der Waals surface area contributed by atoms with Gasteiger partial charge >= 0.3 is 0 Å². The van der Waals surface area contributed by atoms with Gasteiger partial charge in [0.25, 0.3) is 0 Å². The standard InChI is InChI=1S/C10H16OS/c1-4-11-8-9-7-10(2,3)5-6-12-9/h5-7H,4,8H2,1-3H3. The van der Waals surface area contributed by atoms with Crippen molar-refractivity contribution < 1.29 is 4.74 Å². The molecule has 0 spiro atoms. The summed E-state index contributed by atoms with van der Waals surface area (Å²) in [6.45, 7) is 7.98. The lowest BCUT2D eigenvalue weighted by atomic mass is 9.93. The number of hydrogen-bond donors (Lipinski definition) is 0. The van der Waals surface area contributed by atoms with Crippen LogP contribution < -0.4 is 0 Å². The Hall–Kier alpha value is -0.210. The van der Waals surface area contributed by atoms with Gasteiger partial charge in [-0.25, -0.2) is 0 Å². The smallest absolute Gasteiger partial charge is 0.0775 e. The first kappa shape index (κ1) is 9.87. The summed E-state index contributed by atoms with van der Waals surface area (Å²) >= 11 is 1.76. The molecule has 1 heterocycles. The van der Waals surface area contributed by atoms with Crippen LogP contribution in [0.2, 0.25) is 0 Å². The van der Waals surface area contributed by atoms with E-state index >= 15 is 0 Å². The van der Waals surface area contributed by atoms with Crippen molar-refractivity contribution in [3.05, 3.63) is 22.5 Å². The lowest BCUT2D eigenvalue weighted by Crippen LogP contribution is -2.08. The van der Waals surface area contributed by atoms with E-state index in [1.54, 1.807) is 11.8 Å². The molecular formula is C10H16OS. The van der Waals surface area contributed by atoms with Crippen LogP contribution in [0.25, 0.3) is 0 Å². The van der Waals surface area contributed by atoms with E-state index in [-0.39, 0.29) is 5.41 Å². The summed E-state index contributed by atoms with van der Waals surface area (Å²) in [5.41, 5.74) is 0.206. The van der Waals surface area contributed by atoms with Gasteiger partial charge in [-0.2, -0.15) is 0 Å². The number of allylic oxidation sites excluding steroid dienone is 2. The maximum Gasteiger partial charge on any atom is 0.0775 e. The van der Waals surface area contributed by atoms with Crippen LogP contribution >= 0.6 is 11.8 Å². The minimum Gasteiger partial charge on any atom is -0.377 e. The molecule has 68 valence electrons. The van der Waals surface area contributed by atoms with E-state index in [9.17, 15) is 0 Å². The van der Waals surface area contributed by atoms with Crippen molar-refractivity contribution >= 4 is 11.8 Å². The molecule has 0 saturated carbocycles. The van der Waals surface area contributed by atoms with Gasteiger partial charge in [-0.1, -0.05) is 26.0 Å². The van der Waals surface area contributed by atoms with Gasteiger partial charge in [0.05, 0.1) is 6.61 Å². The number of hydrogen-bond acceptors (Lipinski definition) is 2. The molecule has 0 N–H and O–H groups in total. The lowest BCUT2D eigenvalue weighted by Gasteiger charge is -2.21. The Balaban J connectivity index is 2.50. The molecule has 1 rings (SSSR count). The monoisotopic (exact) mass is 184 g/mol. The van der Waals surface area contributed by atoms with Crippen LogP contribution in [0, 0.1) is 5.41 Å². The molecular weight excluding hydrogens is 168 g/mol. The largest absolute Gasteiger partial charge is 0.377 e. The zero-order chi connectivity index (χ0) is 9.03. The molecule has 1 aliphatic rings. The fourth-order valence-corrected chi connectivity index (χ4v) is 2.19. The Labute approximate surface area is 78.9 Å². The summed E-state index contributed by atoms with van der Waals surface area (Å²) in [4.78, 5) is 1.32. The van der Waals surface area contributed by atoms with E-state index in [0.29, 0.717) is 0 Å². The van der Waals surface area contributed by atoms with Gasteiger partial charge in [-0.05, 0) is 12.3 Å². The van der Waals surface area contributed by atoms with Crippen molar-refractivity contribution in [3.63, 3.8) is 0 Å². The Morgan fingerprint density at radius 1 is 1.50 bits per heavy atom.